The molecule has 0 fully saturated rings. The Bertz CT molecular complexity index is 676. The van der Waals surface area contributed by atoms with E-state index in [4.69, 9.17) is 34.8 Å². The van der Waals surface area contributed by atoms with Gasteiger partial charge in [-0.2, -0.15) is 4.39 Å². The predicted molar refractivity (Wildman–Crippen MR) is 73.5 cm³/mol. The average molecular weight is 321 g/mol. The van der Waals surface area contributed by atoms with Gasteiger partial charge in [0.25, 0.3) is 0 Å². The molecule has 0 aliphatic rings. The topological polar surface area (TPSA) is 43.1 Å². The zero-order valence-electron chi connectivity index (χ0n) is 9.16. The Hall–Kier alpha value is -1.36. The molecule has 0 N–H and O–H groups in total. The number of hydrogen-bond donors (Lipinski definition) is 0. The van der Waals surface area contributed by atoms with Gasteiger partial charge >= 0.3 is 5.69 Å². The number of benzene rings is 2. The van der Waals surface area contributed by atoms with Crippen LogP contribution < -0.4 is 0 Å². The lowest BCUT2D eigenvalue weighted by molar-refractivity contribution is -0.387. The molecular weight excluding hydrogens is 315 g/mol. The highest BCUT2D eigenvalue weighted by Crippen LogP contribution is 2.41. The highest BCUT2D eigenvalue weighted by atomic mass is 35.5. The maximum atomic E-state index is 14.1. The second-order valence-electron chi connectivity index (χ2n) is 3.61. The summed E-state index contributed by atoms with van der Waals surface area (Å²) in [7, 11) is 0. The van der Waals surface area contributed by atoms with Crippen molar-refractivity contribution in [2.45, 2.75) is 0 Å². The molecule has 0 saturated heterocycles. The van der Waals surface area contributed by atoms with Gasteiger partial charge in [0.2, 0.25) is 5.82 Å². The van der Waals surface area contributed by atoms with Gasteiger partial charge in [-0.25, -0.2) is 0 Å². The highest BCUT2D eigenvalue weighted by Gasteiger charge is 2.22. The van der Waals surface area contributed by atoms with E-state index in [-0.39, 0.29) is 26.2 Å². The van der Waals surface area contributed by atoms with Gasteiger partial charge in [-0.15, -0.1) is 0 Å². The van der Waals surface area contributed by atoms with Crippen molar-refractivity contribution in [1.29, 1.82) is 0 Å². The van der Waals surface area contributed by atoms with E-state index in [1.165, 1.54) is 24.3 Å². The van der Waals surface area contributed by atoms with Crippen LogP contribution in [0.25, 0.3) is 11.1 Å². The maximum absolute atomic E-state index is 14.1. The lowest BCUT2D eigenvalue weighted by atomic mass is 10.0. The Balaban J connectivity index is 2.77. The van der Waals surface area contributed by atoms with Crippen molar-refractivity contribution in [2.75, 3.05) is 0 Å². The molecule has 0 bridgehead atoms. The molecule has 0 aliphatic carbocycles. The van der Waals surface area contributed by atoms with Crippen molar-refractivity contribution in [1.82, 2.24) is 0 Å². The standard InChI is InChI=1S/C12H5Cl3FNO2/c13-7-4-5-8(14)11(15)10(7)6-2-1-3-9(12(6)16)17(18)19/h1-5H. The minimum absolute atomic E-state index is 0.0496. The fourth-order valence-electron chi connectivity index (χ4n) is 1.63. The number of hydrogen-bond acceptors (Lipinski definition) is 2. The molecule has 3 nitrogen and oxygen atoms in total. The van der Waals surface area contributed by atoms with E-state index < -0.39 is 16.4 Å². The Kier molecular flexibility index (Phi) is 3.94. The van der Waals surface area contributed by atoms with Crippen molar-refractivity contribution in [3.8, 4) is 11.1 Å². The number of nitrogens with zero attached hydrogens (tertiary/aromatic N) is 1. The molecule has 0 aromatic heterocycles. The monoisotopic (exact) mass is 319 g/mol. The van der Waals surface area contributed by atoms with Crippen LogP contribution in [0.1, 0.15) is 0 Å². The smallest absolute Gasteiger partial charge is 0.258 e. The summed E-state index contributed by atoms with van der Waals surface area (Å²) in [6.07, 6.45) is 0. The first kappa shape index (κ1) is 14.1. The molecule has 0 radical (unpaired) electrons. The minimum atomic E-state index is -1.00. The Labute approximate surface area is 122 Å². The van der Waals surface area contributed by atoms with Gasteiger partial charge in [0, 0.05) is 17.2 Å². The van der Waals surface area contributed by atoms with E-state index in [9.17, 15) is 14.5 Å². The van der Waals surface area contributed by atoms with Crippen molar-refractivity contribution in [3.05, 3.63) is 61.3 Å². The van der Waals surface area contributed by atoms with Crippen LogP contribution in [-0.4, -0.2) is 4.92 Å². The molecule has 0 aliphatic heterocycles. The molecule has 2 aromatic rings. The Morgan fingerprint density at radius 3 is 2.32 bits per heavy atom. The van der Waals surface area contributed by atoms with Gasteiger partial charge in [0.1, 0.15) is 0 Å². The lowest BCUT2D eigenvalue weighted by Crippen LogP contribution is -1.95. The van der Waals surface area contributed by atoms with Crippen molar-refractivity contribution in [3.63, 3.8) is 0 Å². The highest BCUT2D eigenvalue weighted by molar-refractivity contribution is 6.46. The molecule has 2 aromatic carbocycles. The van der Waals surface area contributed by atoms with Gasteiger partial charge in [-0.05, 0) is 12.1 Å². The summed E-state index contributed by atoms with van der Waals surface area (Å²) in [6.45, 7) is 0. The molecule has 98 valence electrons. The Morgan fingerprint density at radius 2 is 1.68 bits per heavy atom. The fraction of sp³-hybridized carbons (Fsp3) is 0. The predicted octanol–water partition coefficient (Wildman–Crippen LogP) is 5.36. The number of nitro benzene ring substituents is 1. The van der Waals surface area contributed by atoms with E-state index in [1.54, 1.807) is 0 Å². The van der Waals surface area contributed by atoms with Crippen molar-refractivity contribution in [2.24, 2.45) is 0 Å². The minimum Gasteiger partial charge on any atom is -0.258 e. The van der Waals surface area contributed by atoms with Crippen LogP contribution in [0.5, 0.6) is 0 Å². The van der Waals surface area contributed by atoms with E-state index >= 15 is 0 Å². The van der Waals surface area contributed by atoms with Crippen LogP contribution in [0.3, 0.4) is 0 Å². The maximum Gasteiger partial charge on any atom is 0.305 e. The fourth-order valence-corrected chi connectivity index (χ4v) is 2.36. The van der Waals surface area contributed by atoms with Crippen molar-refractivity contribution < 1.29 is 9.31 Å². The normalized spacial score (nSPS) is 10.5. The average Bonchev–Trinajstić information content (AvgIpc) is 2.36. The van der Waals surface area contributed by atoms with Gasteiger partial charge in [0.05, 0.1) is 20.0 Å². The third-order valence-electron chi connectivity index (χ3n) is 2.49. The molecule has 0 atom stereocenters. The summed E-state index contributed by atoms with van der Waals surface area (Å²) < 4.78 is 14.1. The molecule has 7 heteroatoms. The first-order valence-corrected chi connectivity index (χ1v) is 6.13. The van der Waals surface area contributed by atoms with Gasteiger partial charge in [0.15, 0.2) is 0 Å². The summed E-state index contributed by atoms with van der Waals surface area (Å²) in [5.74, 6) is -1.00. The van der Waals surface area contributed by atoms with Crippen LogP contribution in [0.4, 0.5) is 10.1 Å². The molecule has 0 saturated carbocycles. The summed E-state index contributed by atoms with van der Waals surface area (Å²) in [6, 6.07) is 6.68. The second-order valence-corrected chi connectivity index (χ2v) is 4.81. The summed E-state index contributed by atoms with van der Waals surface area (Å²) in [4.78, 5) is 9.90. The van der Waals surface area contributed by atoms with E-state index in [2.05, 4.69) is 0 Å². The number of nitro groups is 1. The third-order valence-corrected chi connectivity index (χ3v) is 3.61. The van der Waals surface area contributed by atoms with Gasteiger partial charge < -0.3 is 0 Å². The van der Waals surface area contributed by atoms with Crippen LogP contribution in [0.15, 0.2) is 30.3 Å². The van der Waals surface area contributed by atoms with Crippen molar-refractivity contribution >= 4 is 40.5 Å². The van der Waals surface area contributed by atoms with Crippen LogP contribution >= 0.6 is 34.8 Å². The quantitative estimate of drug-likeness (QED) is 0.424. The molecule has 0 unspecified atom stereocenters. The molecular formula is C12H5Cl3FNO2. The van der Waals surface area contributed by atoms with Gasteiger partial charge in [-0.1, -0.05) is 46.9 Å². The second kappa shape index (κ2) is 5.33. The largest absolute Gasteiger partial charge is 0.305 e. The summed E-state index contributed by atoms with van der Waals surface area (Å²) in [5.41, 5.74) is -0.576. The van der Waals surface area contributed by atoms with Gasteiger partial charge in [-0.3, -0.25) is 10.1 Å². The summed E-state index contributed by atoms with van der Waals surface area (Å²) >= 11 is 17.8. The zero-order chi connectivity index (χ0) is 14.2. The summed E-state index contributed by atoms with van der Waals surface area (Å²) in [5, 5.41) is 11.1. The van der Waals surface area contributed by atoms with E-state index in [0.29, 0.717) is 0 Å². The third kappa shape index (κ3) is 2.52. The SMILES string of the molecule is O=[N+]([O-])c1cccc(-c2c(Cl)ccc(Cl)c2Cl)c1F. The van der Waals surface area contributed by atoms with E-state index in [1.807, 2.05) is 0 Å². The number of halogens is 4. The zero-order valence-corrected chi connectivity index (χ0v) is 11.4. The molecule has 0 amide bonds. The molecule has 0 spiro atoms. The molecule has 19 heavy (non-hydrogen) atoms. The first-order chi connectivity index (χ1) is 8.93. The molecule has 2 rings (SSSR count). The lowest BCUT2D eigenvalue weighted by Gasteiger charge is -2.09. The number of rotatable bonds is 2. The van der Waals surface area contributed by atoms with E-state index in [0.717, 1.165) is 6.07 Å². The Morgan fingerprint density at radius 1 is 1.05 bits per heavy atom. The molecule has 0 heterocycles. The van der Waals surface area contributed by atoms with Crippen LogP contribution in [-0.2, 0) is 0 Å². The van der Waals surface area contributed by atoms with Crippen LogP contribution in [0, 0.1) is 15.9 Å². The first-order valence-electron chi connectivity index (χ1n) is 5.00. The van der Waals surface area contributed by atoms with Crippen LogP contribution in [0.2, 0.25) is 15.1 Å².